The second-order valence-electron chi connectivity index (χ2n) is 2.60. The third kappa shape index (κ3) is 1.94. The molecule has 0 aliphatic carbocycles. The molecule has 1 aromatic heterocycles. The van der Waals surface area contributed by atoms with Gasteiger partial charge in [-0.05, 0) is 0 Å². The Morgan fingerprint density at radius 1 is 1.56 bits per heavy atom. The first kappa shape index (κ1) is 11.9. The molecule has 10 heteroatoms. The number of halogens is 3. The van der Waals surface area contributed by atoms with E-state index >= 15 is 0 Å². The Kier molecular flexibility index (Phi) is 2.83. The predicted molar refractivity (Wildman–Crippen MR) is 42.4 cm³/mol. The van der Waals surface area contributed by atoms with Crippen LogP contribution in [0.25, 0.3) is 0 Å². The summed E-state index contributed by atoms with van der Waals surface area (Å²) in [7, 11) is 0.838. The maximum atomic E-state index is 12.4. The molecule has 0 atom stereocenters. The Hall–Kier alpha value is -2.13. The summed E-state index contributed by atoms with van der Waals surface area (Å²) in [5.74, 6) is -1.28. The van der Waals surface area contributed by atoms with Crippen molar-refractivity contribution in [2.24, 2.45) is 5.73 Å². The average Bonchev–Trinajstić information content (AvgIpc) is 2.59. The fourth-order valence-electron chi connectivity index (χ4n) is 0.975. The van der Waals surface area contributed by atoms with Crippen LogP contribution in [0.2, 0.25) is 0 Å². The number of H-pyrrole nitrogens is 1. The number of primary amides is 1. The normalized spacial score (nSPS) is 11.2. The van der Waals surface area contributed by atoms with E-state index < -0.39 is 34.1 Å². The lowest BCUT2D eigenvalue weighted by Crippen LogP contribution is -2.16. The summed E-state index contributed by atoms with van der Waals surface area (Å²) >= 11 is 0. The van der Waals surface area contributed by atoms with Crippen LogP contribution in [0.4, 0.5) is 18.9 Å². The first-order valence-corrected chi connectivity index (χ1v) is 3.75. The fraction of sp³-hybridized carbons (Fsp3) is 0.333. The van der Waals surface area contributed by atoms with Crippen LogP contribution < -0.4 is 5.73 Å². The molecule has 1 heterocycles. The van der Waals surface area contributed by atoms with Gasteiger partial charge in [0, 0.05) is 0 Å². The second-order valence-corrected chi connectivity index (χ2v) is 2.60. The van der Waals surface area contributed by atoms with Gasteiger partial charge in [0.25, 0.3) is 10.8 Å². The molecule has 0 bridgehead atoms. The number of alkyl halides is 3. The quantitative estimate of drug-likeness (QED) is 0.749. The highest BCUT2D eigenvalue weighted by Gasteiger charge is 2.46. The molecule has 0 radical (unpaired) electrons. The SMILES string of the molecule is CO[N+](=O)c1c(C(N)=O)n[nH]c1C(F)(F)F. The van der Waals surface area contributed by atoms with E-state index in [9.17, 15) is 22.9 Å². The van der Waals surface area contributed by atoms with Gasteiger partial charge in [-0.25, -0.2) is 4.84 Å². The summed E-state index contributed by atoms with van der Waals surface area (Å²) in [5.41, 5.74) is 1.31. The van der Waals surface area contributed by atoms with E-state index in [1.54, 1.807) is 0 Å². The number of aromatic nitrogens is 2. The Morgan fingerprint density at radius 2 is 2.12 bits per heavy atom. The fourth-order valence-corrected chi connectivity index (χ4v) is 0.975. The molecule has 0 spiro atoms. The molecule has 0 aliphatic heterocycles. The van der Waals surface area contributed by atoms with Gasteiger partial charge in [0.1, 0.15) is 0 Å². The lowest BCUT2D eigenvalue weighted by atomic mass is 10.3. The van der Waals surface area contributed by atoms with Crippen molar-refractivity contribution in [3.05, 3.63) is 16.3 Å². The first-order chi connectivity index (χ1) is 7.29. The maximum Gasteiger partial charge on any atom is 0.439 e. The number of nitrogens with two attached hydrogens (primary N) is 1. The van der Waals surface area contributed by atoms with Gasteiger partial charge in [0.05, 0.1) is 4.91 Å². The van der Waals surface area contributed by atoms with Crippen molar-refractivity contribution in [1.82, 2.24) is 10.2 Å². The third-order valence-electron chi connectivity index (χ3n) is 1.61. The summed E-state index contributed by atoms with van der Waals surface area (Å²) in [4.78, 5) is 25.3. The monoisotopic (exact) mass is 239 g/mol. The van der Waals surface area contributed by atoms with Crippen LogP contribution in [0.15, 0.2) is 0 Å². The number of amides is 1. The number of rotatable bonds is 3. The van der Waals surface area contributed by atoms with E-state index in [0.717, 1.165) is 7.11 Å². The third-order valence-corrected chi connectivity index (χ3v) is 1.61. The van der Waals surface area contributed by atoms with Crippen molar-refractivity contribution in [2.45, 2.75) is 6.18 Å². The molecule has 0 saturated carbocycles. The van der Waals surface area contributed by atoms with Crippen molar-refractivity contribution in [3.63, 3.8) is 0 Å². The molecule has 1 amide bonds. The number of hydrogen-bond acceptors (Lipinski definition) is 4. The molecule has 88 valence electrons. The molecule has 1 aromatic rings. The van der Waals surface area contributed by atoms with Crippen LogP contribution >= 0.6 is 0 Å². The highest BCUT2D eigenvalue weighted by Crippen LogP contribution is 2.36. The van der Waals surface area contributed by atoms with Gasteiger partial charge in [-0.3, -0.25) is 9.89 Å². The van der Waals surface area contributed by atoms with E-state index in [-0.39, 0.29) is 0 Å². The highest BCUT2D eigenvalue weighted by molar-refractivity contribution is 5.95. The first-order valence-electron chi connectivity index (χ1n) is 3.75. The molecular formula is C6H6F3N4O3+. The number of hydrogen-bond donors (Lipinski definition) is 2. The molecule has 7 nitrogen and oxygen atoms in total. The van der Waals surface area contributed by atoms with Crippen LogP contribution in [0.1, 0.15) is 16.2 Å². The standard InChI is InChI=1S/C6H5F3N4O3/c1-16-13(15)3-2(5(10)14)11-12-4(3)6(7,8)9/h1H3,(H2-,10,11,12,14,15)/p+1. The van der Waals surface area contributed by atoms with Crippen molar-refractivity contribution >= 4 is 11.6 Å². The maximum absolute atomic E-state index is 12.4. The minimum absolute atomic E-state index is 0.494. The van der Waals surface area contributed by atoms with Crippen molar-refractivity contribution in [3.8, 4) is 0 Å². The number of carbonyl (C=O) groups is 1. The van der Waals surface area contributed by atoms with Crippen molar-refractivity contribution in [1.29, 1.82) is 0 Å². The van der Waals surface area contributed by atoms with Gasteiger partial charge in [-0.2, -0.15) is 18.3 Å². The molecular weight excluding hydrogens is 233 g/mol. The molecule has 0 saturated heterocycles. The van der Waals surface area contributed by atoms with E-state index in [1.807, 2.05) is 0 Å². The predicted octanol–water partition coefficient (Wildman–Crippen LogP) is 0.499. The average molecular weight is 239 g/mol. The second kappa shape index (κ2) is 3.79. The summed E-state index contributed by atoms with van der Waals surface area (Å²) in [6, 6.07) is 0. The largest absolute Gasteiger partial charge is 0.439 e. The zero-order chi connectivity index (χ0) is 12.5. The number of nitrogens with zero attached hydrogens (tertiary/aromatic N) is 2. The lowest BCUT2D eigenvalue weighted by Gasteiger charge is -2.00. The molecule has 0 fully saturated rings. The number of carbonyl (C=O) groups excluding carboxylic acids is 1. The van der Waals surface area contributed by atoms with Crippen LogP contribution in [-0.2, 0) is 11.0 Å². The minimum atomic E-state index is -4.88. The number of nitrogens with one attached hydrogen (secondary N) is 1. The smallest absolute Gasteiger partial charge is 0.364 e. The van der Waals surface area contributed by atoms with Gasteiger partial charge in [-0.1, -0.05) is 0 Å². The van der Waals surface area contributed by atoms with Crippen LogP contribution in [0.5, 0.6) is 0 Å². The summed E-state index contributed by atoms with van der Waals surface area (Å²) in [6.07, 6.45) is -4.88. The zero-order valence-corrected chi connectivity index (χ0v) is 7.83. The zero-order valence-electron chi connectivity index (χ0n) is 7.83. The van der Waals surface area contributed by atoms with Crippen molar-refractivity contribution < 1.29 is 27.7 Å². The van der Waals surface area contributed by atoms with Crippen LogP contribution in [-0.4, -0.2) is 28.1 Å². The molecule has 0 aliphatic rings. The Labute approximate surface area is 85.9 Å². The van der Waals surface area contributed by atoms with E-state index in [0.29, 0.717) is 0 Å². The molecule has 1 rings (SSSR count). The molecule has 0 aromatic carbocycles. The Bertz CT molecular complexity index is 439. The molecule has 16 heavy (non-hydrogen) atoms. The van der Waals surface area contributed by atoms with E-state index in [1.165, 1.54) is 5.10 Å². The Balaban J connectivity index is 3.43. The van der Waals surface area contributed by atoms with Gasteiger partial charge < -0.3 is 5.73 Å². The van der Waals surface area contributed by atoms with E-state index in [2.05, 4.69) is 9.94 Å². The minimum Gasteiger partial charge on any atom is -0.364 e. The van der Waals surface area contributed by atoms with Crippen LogP contribution in [0, 0.1) is 4.91 Å². The summed E-state index contributed by atoms with van der Waals surface area (Å²) in [6.45, 7) is 0. The van der Waals surface area contributed by atoms with E-state index in [4.69, 9.17) is 5.73 Å². The van der Waals surface area contributed by atoms with Crippen LogP contribution in [0.3, 0.4) is 0 Å². The topological polar surface area (TPSA) is 101 Å². The number of aromatic amines is 1. The van der Waals surface area contributed by atoms with Crippen molar-refractivity contribution in [2.75, 3.05) is 7.11 Å². The highest BCUT2D eigenvalue weighted by atomic mass is 19.4. The molecule has 3 N–H and O–H groups in total. The summed E-state index contributed by atoms with van der Waals surface area (Å²) < 4.78 is 37.1. The molecule has 0 unspecified atom stereocenters. The van der Waals surface area contributed by atoms with Gasteiger partial charge >= 0.3 is 11.9 Å². The van der Waals surface area contributed by atoms with Gasteiger partial charge in [-0.15, -0.1) is 0 Å². The lowest BCUT2D eigenvalue weighted by molar-refractivity contribution is -0.737. The Morgan fingerprint density at radius 3 is 2.50 bits per heavy atom. The summed E-state index contributed by atoms with van der Waals surface area (Å²) in [5, 5.41) is 4.52. The van der Waals surface area contributed by atoms with Gasteiger partial charge in [0.15, 0.2) is 7.11 Å². The van der Waals surface area contributed by atoms with Gasteiger partial charge in [0.2, 0.25) is 11.4 Å².